The topological polar surface area (TPSA) is 129 Å². The third kappa shape index (κ3) is 3.66. The quantitative estimate of drug-likeness (QED) is 0.609. The fourth-order valence-corrected chi connectivity index (χ4v) is 2.96. The van der Waals surface area contributed by atoms with Crippen LogP contribution in [0.5, 0.6) is 0 Å². The molecule has 0 atom stereocenters. The molecule has 27 heavy (non-hydrogen) atoms. The fraction of sp³-hybridized carbons (Fsp3) is 0.222. The van der Waals surface area contributed by atoms with Gasteiger partial charge in [0.1, 0.15) is 0 Å². The van der Waals surface area contributed by atoms with Gasteiger partial charge in [-0.05, 0) is 29.2 Å². The van der Waals surface area contributed by atoms with Crippen molar-refractivity contribution in [1.29, 1.82) is 0 Å². The van der Waals surface area contributed by atoms with Crippen LogP contribution in [0.15, 0.2) is 30.3 Å². The van der Waals surface area contributed by atoms with Crippen LogP contribution in [0, 0.1) is 0 Å². The number of nitrogens with one attached hydrogen (secondary N) is 1. The second-order valence-electron chi connectivity index (χ2n) is 6.01. The average molecular weight is 367 g/mol. The SMILES string of the molecule is CN(CCCC(=O)O)C(=O)c1cccc2c(-c3nn[nH]n3)ccc(C=O)c12. The molecule has 1 aromatic heterocycles. The number of benzene rings is 2. The molecule has 0 unspecified atom stereocenters. The third-order valence-electron chi connectivity index (χ3n) is 4.25. The van der Waals surface area contributed by atoms with Gasteiger partial charge in [0.15, 0.2) is 6.29 Å². The molecule has 0 radical (unpaired) electrons. The minimum Gasteiger partial charge on any atom is -0.481 e. The molecule has 0 bridgehead atoms. The number of H-pyrrole nitrogens is 1. The monoisotopic (exact) mass is 367 g/mol. The van der Waals surface area contributed by atoms with Crippen LogP contribution in [0.3, 0.4) is 0 Å². The summed E-state index contributed by atoms with van der Waals surface area (Å²) in [5.74, 6) is -0.842. The highest BCUT2D eigenvalue weighted by atomic mass is 16.4. The van der Waals surface area contributed by atoms with Gasteiger partial charge in [0.2, 0.25) is 5.82 Å². The highest BCUT2D eigenvalue weighted by Gasteiger charge is 2.19. The number of hydrogen-bond donors (Lipinski definition) is 2. The average Bonchev–Trinajstić information content (AvgIpc) is 3.20. The van der Waals surface area contributed by atoms with Crippen molar-refractivity contribution >= 4 is 28.9 Å². The molecule has 9 nitrogen and oxygen atoms in total. The number of aromatic nitrogens is 4. The number of carboxylic acid groups (broad SMARTS) is 1. The van der Waals surface area contributed by atoms with Crippen molar-refractivity contribution < 1.29 is 19.5 Å². The molecule has 0 fully saturated rings. The summed E-state index contributed by atoms with van der Waals surface area (Å²) < 4.78 is 0. The van der Waals surface area contributed by atoms with E-state index in [0.29, 0.717) is 52.5 Å². The molecule has 0 aliphatic rings. The number of tetrazole rings is 1. The smallest absolute Gasteiger partial charge is 0.303 e. The van der Waals surface area contributed by atoms with Gasteiger partial charge in [0.25, 0.3) is 5.91 Å². The van der Waals surface area contributed by atoms with Crippen LogP contribution in [-0.4, -0.2) is 62.4 Å². The van der Waals surface area contributed by atoms with Gasteiger partial charge >= 0.3 is 5.97 Å². The number of nitrogens with zero attached hydrogens (tertiary/aromatic N) is 4. The van der Waals surface area contributed by atoms with Crippen molar-refractivity contribution in [1.82, 2.24) is 25.5 Å². The van der Waals surface area contributed by atoms with E-state index < -0.39 is 5.97 Å². The first-order valence-corrected chi connectivity index (χ1v) is 8.25. The van der Waals surface area contributed by atoms with E-state index in [1.54, 1.807) is 37.4 Å². The predicted molar refractivity (Wildman–Crippen MR) is 96.3 cm³/mol. The lowest BCUT2D eigenvalue weighted by atomic mass is 9.95. The molecule has 0 aliphatic heterocycles. The van der Waals surface area contributed by atoms with E-state index in [2.05, 4.69) is 20.6 Å². The number of aldehydes is 1. The first-order chi connectivity index (χ1) is 13.0. The van der Waals surface area contributed by atoms with Crippen molar-refractivity contribution in [2.45, 2.75) is 12.8 Å². The number of hydrogen-bond acceptors (Lipinski definition) is 6. The molecule has 9 heteroatoms. The summed E-state index contributed by atoms with van der Waals surface area (Å²) in [6.07, 6.45) is 1.02. The number of amides is 1. The number of rotatable bonds is 7. The third-order valence-corrected chi connectivity index (χ3v) is 4.25. The van der Waals surface area contributed by atoms with Gasteiger partial charge in [-0.3, -0.25) is 14.4 Å². The molecule has 0 aliphatic carbocycles. The summed E-state index contributed by atoms with van der Waals surface area (Å²) in [7, 11) is 1.60. The van der Waals surface area contributed by atoms with E-state index >= 15 is 0 Å². The van der Waals surface area contributed by atoms with Gasteiger partial charge in [-0.1, -0.05) is 18.2 Å². The Hall–Kier alpha value is -3.62. The molecular weight excluding hydrogens is 350 g/mol. The van der Waals surface area contributed by atoms with Crippen LogP contribution in [0.25, 0.3) is 22.2 Å². The largest absolute Gasteiger partial charge is 0.481 e. The molecule has 2 N–H and O–H groups in total. The Kier molecular flexibility index (Phi) is 5.20. The Bertz CT molecular complexity index is 1000. The highest BCUT2D eigenvalue weighted by Crippen LogP contribution is 2.31. The Morgan fingerprint density at radius 3 is 2.74 bits per heavy atom. The number of aromatic amines is 1. The van der Waals surface area contributed by atoms with Crippen LogP contribution in [-0.2, 0) is 4.79 Å². The molecule has 2 aromatic carbocycles. The fourth-order valence-electron chi connectivity index (χ4n) is 2.96. The van der Waals surface area contributed by atoms with E-state index in [0.717, 1.165) is 0 Å². The Labute approximate surface area is 154 Å². The maximum Gasteiger partial charge on any atom is 0.303 e. The van der Waals surface area contributed by atoms with Crippen molar-refractivity contribution in [2.75, 3.05) is 13.6 Å². The summed E-state index contributed by atoms with van der Waals surface area (Å²) >= 11 is 0. The molecule has 3 aromatic rings. The number of carbonyl (C=O) groups excluding carboxylic acids is 2. The van der Waals surface area contributed by atoms with Crippen LogP contribution < -0.4 is 0 Å². The summed E-state index contributed by atoms with van der Waals surface area (Å²) in [5, 5.41) is 23.8. The highest BCUT2D eigenvalue weighted by molar-refractivity contribution is 6.15. The number of carboxylic acids is 1. The van der Waals surface area contributed by atoms with Crippen LogP contribution >= 0.6 is 0 Å². The van der Waals surface area contributed by atoms with Crippen molar-refractivity contribution in [3.8, 4) is 11.4 Å². The molecule has 0 saturated heterocycles. The lowest BCUT2D eigenvalue weighted by Gasteiger charge is -2.19. The first kappa shape index (κ1) is 18.2. The zero-order valence-corrected chi connectivity index (χ0v) is 14.5. The normalized spacial score (nSPS) is 10.7. The Morgan fingerprint density at radius 1 is 1.26 bits per heavy atom. The Balaban J connectivity index is 2.05. The zero-order valence-electron chi connectivity index (χ0n) is 14.5. The molecule has 1 amide bonds. The van der Waals surface area contributed by atoms with Gasteiger partial charge in [-0.2, -0.15) is 5.21 Å². The summed E-state index contributed by atoms with van der Waals surface area (Å²) in [6, 6.07) is 8.48. The molecule has 1 heterocycles. The first-order valence-electron chi connectivity index (χ1n) is 8.25. The number of aliphatic carboxylic acids is 1. The van der Waals surface area contributed by atoms with Gasteiger partial charge < -0.3 is 10.0 Å². The zero-order chi connectivity index (χ0) is 19.4. The van der Waals surface area contributed by atoms with Gasteiger partial charge in [0, 0.05) is 42.1 Å². The lowest BCUT2D eigenvalue weighted by molar-refractivity contribution is -0.137. The molecule has 138 valence electrons. The van der Waals surface area contributed by atoms with E-state index in [1.807, 2.05) is 0 Å². The molecule has 0 saturated carbocycles. The van der Waals surface area contributed by atoms with E-state index in [4.69, 9.17) is 5.11 Å². The van der Waals surface area contributed by atoms with Crippen molar-refractivity contribution in [3.05, 3.63) is 41.5 Å². The number of fused-ring (bicyclic) bond motifs is 1. The van der Waals surface area contributed by atoms with Gasteiger partial charge in [-0.25, -0.2) is 0 Å². The predicted octanol–water partition coefficient (Wildman–Crippen LogP) is 1.77. The maximum atomic E-state index is 12.9. The maximum absolute atomic E-state index is 12.9. The van der Waals surface area contributed by atoms with Crippen LogP contribution in [0.1, 0.15) is 33.6 Å². The van der Waals surface area contributed by atoms with E-state index in [-0.39, 0.29) is 12.3 Å². The Morgan fingerprint density at radius 2 is 2.07 bits per heavy atom. The number of carbonyl (C=O) groups is 3. The van der Waals surface area contributed by atoms with E-state index in [9.17, 15) is 14.4 Å². The minimum atomic E-state index is -0.908. The lowest BCUT2D eigenvalue weighted by Crippen LogP contribution is -2.28. The molecular formula is C18H17N5O4. The second kappa shape index (κ2) is 7.73. The summed E-state index contributed by atoms with van der Waals surface area (Å²) in [4.78, 5) is 36.6. The minimum absolute atomic E-state index is 0.0191. The van der Waals surface area contributed by atoms with E-state index in [1.165, 1.54) is 4.90 Å². The summed E-state index contributed by atoms with van der Waals surface area (Å²) in [6.45, 7) is 0.294. The van der Waals surface area contributed by atoms with Crippen LogP contribution in [0.4, 0.5) is 0 Å². The van der Waals surface area contributed by atoms with Crippen molar-refractivity contribution in [3.63, 3.8) is 0 Å². The van der Waals surface area contributed by atoms with Crippen LogP contribution in [0.2, 0.25) is 0 Å². The molecule has 0 spiro atoms. The second-order valence-corrected chi connectivity index (χ2v) is 6.01. The molecule has 3 rings (SSSR count). The van der Waals surface area contributed by atoms with Gasteiger partial charge in [-0.15, -0.1) is 10.2 Å². The van der Waals surface area contributed by atoms with Gasteiger partial charge in [0.05, 0.1) is 0 Å². The summed E-state index contributed by atoms with van der Waals surface area (Å²) in [5.41, 5.74) is 1.38. The standard InChI is InChI=1S/C18H17N5O4/c1-23(9-3-6-15(25)26)18(27)14-5-2-4-12-13(17-19-21-22-20-17)8-7-11(10-24)16(12)14/h2,4-5,7-8,10H,3,6,9H2,1H3,(H,25,26)(H,19,20,21,22). The van der Waals surface area contributed by atoms with Crippen molar-refractivity contribution in [2.24, 2.45) is 0 Å².